The first-order valence-corrected chi connectivity index (χ1v) is 6.01. The first-order chi connectivity index (χ1) is 7.80. The van der Waals surface area contributed by atoms with Crippen LogP contribution in [0.1, 0.15) is 12.0 Å². The van der Waals surface area contributed by atoms with Crippen LogP contribution < -0.4 is 4.74 Å². The molecule has 1 aromatic carbocycles. The third kappa shape index (κ3) is 4.42. The monoisotopic (exact) mass is 242 g/mol. The van der Waals surface area contributed by atoms with Gasteiger partial charge in [-0.25, -0.2) is 0 Å². The van der Waals surface area contributed by atoms with E-state index in [0.717, 1.165) is 25.2 Å². The van der Waals surface area contributed by atoms with E-state index in [0.29, 0.717) is 11.8 Å². The van der Waals surface area contributed by atoms with E-state index in [4.69, 9.17) is 21.1 Å². The summed E-state index contributed by atoms with van der Waals surface area (Å²) < 4.78 is 10.2. The smallest absolute Gasteiger partial charge is 0.118 e. The third-order valence-corrected chi connectivity index (χ3v) is 3.07. The lowest BCUT2D eigenvalue weighted by atomic mass is 9.98. The van der Waals surface area contributed by atoms with Gasteiger partial charge in [0.2, 0.25) is 0 Å². The molecule has 0 aromatic heterocycles. The summed E-state index contributed by atoms with van der Waals surface area (Å²) in [6.07, 6.45) is 2.00. The van der Waals surface area contributed by atoms with E-state index in [9.17, 15) is 0 Å². The maximum atomic E-state index is 5.93. The highest BCUT2D eigenvalue weighted by Gasteiger charge is 2.08. The van der Waals surface area contributed by atoms with Crippen LogP contribution in [-0.4, -0.2) is 26.7 Å². The number of halogens is 1. The molecular weight excluding hydrogens is 224 g/mol. The molecule has 0 saturated heterocycles. The Labute approximate surface area is 103 Å². The second-order valence-corrected chi connectivity index (χ2v) is 4.16. The second-order valence-electron chi connectivity index (χ2n) is 3.85. The minimum atomic E-state index is 0.481. The van der Waals surface area contributed by atoms with Gasteiger partial charge in [0.1, 0.15) is 5.75 Å². The average Bonchev–Trinajstić information content (AvgIpc) is 2.35. The van der Waals surface area contributed by atoms with Crippen molar-refractivity contribution < 1.29 is 9.47 Å². The molecule has 0 heterocycles. The van der Waals surface area contributed by atoms with Crippen LogP contribution in [0, 0.1) is 5.92 Å². The normalized spacial score (nSPS) is 12.4. The van der Waals surface area contributed by atoms with E-state index in [1.54, 1.807) is 14.2 Å². The molecule has 0 aliphatic heterocycles. The topological polar surface area (TPSA) is 18.5 Å². The average molecular weight is 243 g/mol. The van der Waals surface area contributed by atoms with Crippen molar-refractivity contribution in [1.29, 1.82) is 0 Å². The van der Waals surface area contributed by atoms with Gasteiger partial charge in [0.15, 0.2) is 0 Å². The SMILES string of the molecule is COCCC(CCl)Cc1ccc(OC)cc1. The second kappa shape index (κ2) is 7.53. The Morgan fingerprint density at radius 3 is 2.38 bits per heavy atom. The molecule has 90 valence electrons. The van der Waals surface area contributed by atoms with Gasteiger partial charge in [0.05, 0.1) is 7.11 Å². The Bertz CT molecular complexity index is 284. The van der Waals surface area contributed by atoms with Gasteiger partial charge in [-0.05, 0) is 36.5 Å². The predicted octanol–water partition coefficient (Wildman–Crippen LogP) is 3.13. The quantitative estimate of drug-likeness (QED) is 0.684. The van der Waals surface area contributed by atoms with Crippen LogP contribution in [0.15, 0.2) is 24.3 Å². The number of rotatable bonds is 7. The Balaban J connectivity index is 2.49. The molecule has 0 amide bonds. The number of methoxy groups -OCH3 is 2. The summed E-state index contributed by atoms with van der Waals surface area (Å²) in [6.45, 7) is 0.771. The van der Waals surface area contributed by atoms with Crippen LogP contribution in [0.5, 0.6) is 5.75 Å². The molecule has 1 aromatic rings. The van der Waals surface area contributed by atoms with Crippen LogP contribution in [0.4, 0.5) is 0 Å². The first kappa shape index (κ1) is 13.3. The van der Waals surface area contributed by atoms with Crippen molar-refractivity contribution in [3.63, 3.8) is 0 Å². The highest BCUT2D eigenvalue weighted by atomic mass is 35.5. The van der Waals surface area contributed by atoms with Crippen LogP contribution in [0.25, 0.3) is 0 Å². The standard InChI is InChI=1S/C13H19ClO2/c1-15-8-7-12(10-14)9-11-3-5-13(16-2)6-4-11/h3-6,12H,7-10H2,1-2H3. The van der Waals surface area contributed by atoms with Gasteiger partial charge in [-0.1, -0.05) is 12.1 Å². The number of benzene rings is 1. The van der Waals surface area contributed by atoms with E-state index in [-0.39, 0.29) is 0 Å². The first-order valence-electron chi connectivity index (χ1n) is 5.48. The molecule has 0 radical (unpaired) electrons. The molecule has 1 rings (SSSR count). The minimum Gasteiger partial charge on any atom is -0.497 e. The largest absolute Gasteiger partial charge is 0.497 e. The summed E-state index contributed by atoms with van der Waals surface area (Å²) in [5, 5.41) is 0. The zero-order valence-corrected chi connectivity index (χ0v) is 10.7. The van der Waals surface area contributed by atoms with E-state index >= 15 is 0 Å². The van der Waals surface area contributed by atoms with Gasteiger partial charge in [-0.15, -0.1) is 11.6 Å². The van der Waals surface area contributed by atoms with E-state index in [1.807, 2.05) is 12.1 Å². The summed E-state index contributed by atoms with van der Waals surface area (Å²) in [7, 11) is 3.40. The van der Waals surface area contributed by atoms with Crippen molar-refractivity contribution in [3.8, 4) is 5.75 Å². The predicted molar refractivity (Wildman–Crippen MR) is 67.4 cm³/mol. The number of hydrogen-bond donors (Lipinski definition) is 0. The molecule has 0 bridgehead atoms. The van der Waals surface area contributed by atoms with Crippen molar-refractivity contribution in [3.05, 3.63) is 29.8 Å². The third-order valence-electron chi connectivity index (χ3n) is 2.63. The lowest BCUT2D eigenvalue weighted by Gasteiger charge is -2.13. The lowest BCUT2D eigenvalue weighted by molar-refractivity contribution is 0.180. The highest BCUT2D eigenvalue weighted by Crippen LogP contribution is 2.17. The lowest BCUT2D eigenvalue weighted by Crippen LogP contribution is -2.09. The van der Waals surface area contributed by atoms with E-state index in [2.05, 4.69) is 12.1 Å². The number of hydrogen-bond acceptors (Lipinski definition) is 2. The molecule has 1 atom stereocenters. The van der Waals surface area contributed by atoms with Crippen molar-refractivity contribution in [2.45, 2.75) is 12.8 Å². The fourth-order valence-corrected chi connectivity index (χ4v) is 1.88. The molecule has 16 heavy (non-hydrogen) atoms. The van der Waals surface area contributed by atoms with Crippen LogP contribution in [0.3, 0.4) is 0 Å². The minimum absolute atomic E-state index is 0.481. The molecule has 0 N–H and O–H groups in total. The van der Waals surface area contributed by atoms with E-state index in [1.165, 1.54) is 5.56 Å². The van der Waals surface area contributed by atoms with Crippen molar-refractivity contribution in [1.82, 2.24) is 0 Å². The Kier molecular flexibility index (Phi) is 6.27. The maximum absolute atomic E-state index is 5.93. The molecular formula is C13H19ClO2. The zero-order valence-electron chi connectivity index (χ0n) is 9.91. The Morgan fingerprint density at radius 2 is 1.88 bits per heavy atom. The van der Waals surface area contributed by atoms with Gasteiger partial charge < -0.3 is 9.47 Å². The molecule has 0 spiro atoms. The molecule has 2 nitrogen and oxygen atoms in total. The number of alkyl halides is 1. The fraction of sp³-hybridized carbons (Fsp3) is 0.538. The van der Waals surface area contributed by atoms with Crippen LogP contribution in [-0.2, 0) is 11.2 Å². The summed E-state index contributed by atoms with van der Waals surface area (Å²) in [5.41, 5.74) is 1.29. The molecule has 0 fully saturated rings. The zero-order chi connectivity index (χ0) is 11.8. The van der Waals surface area contributed by atoms with E-state index < -0.39 is 0 Å². The van der Waals surface area contributed by atoms with Gasteiger partial charge >= 0.3 is 0 Å². The van der Waals surface area contributed by atoms with Crippen molar-refractivity contribution >= 4 is 11.6 Å². The summed E-state index contributed by atoms with van der Waals surface area (Å²) >= 11 is 5.93. The van der Waals surface area contributed by atoms with Crippen LogP contribution in [0.2, 0.25) is 0 Å². The molecule has 0 aliphatic rings. The van der Waals surface area contributed by atoms with Gasteiger partial charge in [-0.3, -0.25) is 0 Å². The van der Waals surface area contributed by atoms with Gasteiger partial charge in [-0.2, -0.15) is 0 Å². The summed E-state index contributed by atoms with van der Waals surface area (Å²) in [6, 6.07) is 8.14. The van der Waals surface area contributed by atoms with Crippen molar-refractivity contribution in [2.75, 3.05) is 26.7 Å². The van der Waals surface area contributed by atoms with Gasteiger partial charge in [0.25, 0.3) is 0 Å². The Hall–Kier alpha value is -0.730. The molecule has 0 saturated carbocycles. The molecule has 0 aliphatic carbocycles. The molecule has 1 unspecified atom stereocenters. The number of ether oxygens (including phenoxy) is 2. The highest BCUT2D eigenvalue weighted by molar-refractivity contribution is 6.18. The fourth-order valence-electron chi connectivity index (χ4n) is 1.61. The summed E-state index contributed by atoms with van der Waals surface area (Å²) in [4.78, 5) is 0. The Morgan fingerprint density at radius 1 is 1.19 bits per heavy atom. The molecule has 3 heteroatoms. The van der Waals surface area contributed by atoms with Gasteiger partial charge in [0, 0.05) is 19.6 Å². The maximum Gasteiger partial charge on any atom is 0.118 e. The summed E-state index contributed by atoms with van der Waals surface area (Å²) in [5.74, 6) is 2.05. The van der Waals surface area contributed by atoms with Crippen molar-refractivity contribution in [2.24, 2.45) is 5.92 Å². The van der Waals surface area contributed by atoms with Crippen LogP contribution >= 0.6 is 11.6 Å².